The van der Waals surface area contributed by atoms with Gasteiger partial charge in [0.05, 0.1) is 6.10 Å². The monoisotopic (exact) mass is 142 g/mol. The molecule has 1 heteroatoms. The van der Waals surface area contributed by atoms with Crippen molar-refractivity contribution in [1.29, 1.82) is 0 Å². The van der Waals surface area contributed by atoms with Gasteiger partial charge in [-0.25, -0.2) is 0 Å². The third-order valence-electron chi connectivity index (χ3n) is 1.64. The second-order valence-corrected chi connectivity index (χ2v) is 3.31. The van der Waals surface area contributed by atoms with E-state index >= 15 is 0 Å². The van der Waals surface area contributed by atoms with Crippen molar-refractivity contribution < 1.29 is 5.11 Å². The van der Waals surface area contributed by atoms with Crippen molar-refractivity contribution in [3.8, 4) is 0 Å². The summed E-state index contributed by atoms with van der Waals surface area (Å²) in [6, 6.07) is 0. The lowest BCUT2D eigenvalue weighted by Gasteiger charge is -2.13. The molecular weight excluding hydrogens is 124 g/mol. The van der Waals surface area contributed by atoms with Crippen LogP contribution in [-0.4, -0.2) is 11.2 Å². The molecule has 0 rings (SSSR count). The number of aliphatic hydroxyl groups is 1. The molecule has 0 spiro atoms. The van der Waals surface area contributed by atoms with Crippen molar-refractivity contribution in [2.75, 3.05) is 0 Å². The maximum atomic E-state index is 9.33. The van der Waals surface area contributed by atoms with E-state index in [4.69, 9.17) is 0 Å². The molecule has 0 aliphatic carbocycles. The first-order valence-corrected chi connectivity index (χ1v) is 3.86. The van der Waals surface area contributed by atoms with Gasteiger partial charge in [-0.15, -0.1) is 6.58 Å². The van der Waals surface area contributed by atoms with Gasteiger partial charge >= 0.3 is 0 Å². The molecule has 1 unspecified atom stereocenters. The summed E-state index contributed by atoms with van der Waals surface area (Å²) in [5.41, 5.74) is 1.15. The smallest absolute Gasteiger partial charge is 0.0566 e. The zero-order chi connectivity index (χ0) is 8.15. The molecule has 0 saturated carbocycles. The Kier molecular flexibility index (Phi) is 4.37. The summed E-state index contributed by atoms with van der Waals surface area (Å²) in [5.74, 6) is 0.374. The van der Waals surface area contributed by atoms with Crippen LogP contribution >= 0.6 is 0 Å². The van der Waals surface area contributed by atoms with Crippen molar-refractivity contribution in [1.82, 2.24) is 0 Å². The Bertz CT molecular complexity index is 105. The van der Waals surface area contributed by atoms with Crippen LogP contribution in [0.25, 0.3) is 0 Å². The second kappa shape index (κ2) is 4.51. The predicted molar refractivity (Wildman–Crippen MR) is 44.9 cm³/mol. The van der Waals surface area contributed by atoms with E-state index in [1.165, 1.54) is 0 Å². The largest absolute Gasteiger partial charge is 0.393 e. The van der Waals surface area contributed by atoms with Crippen molar-refractivity contribution in [2.24, 2.45) is 5.92 Å². The average Bonchev–Trinajstić information content (AvgIpc) is 1.82. The SMILES string of the molecule is C=C(C)CCC(O)C(C)C. The third-order valence-corrected chi connectivity index (χ3v) is 1.64. The van der Waals surface area contributed by atoms with E-state index in [0.29, 0.717) is 5.92 Å². The highest BCUT2D eigenvalue weighted by atomic mass is 16.3. The molecule has 1 nitrogen and oxygen atoms in total. The first kappa shape index (κ1) is 9.70. The van der Waals surface area contributed by atoms with Gasteiger partial charge in [0.25, 0.3) is 0 Å². The van der Waals surface area contributed by atoms with Gasteiger partial charge in [0.15, 0.2) is 0 Å². The van der Waals surface area contributed by atoms with Gasteiger partial charge in [0.2, 0.25) is 0 Å². The molecule has 0 aliphatic rings. The van der Waals surface area contributed by atoms with E-state index in [1.54, 1.807) is 0 Å². The van der Waals surface area contributed by atoms with E-state index in [2.05, 4.69) is 6.58 Å². The summed E-state index contributed by atoms with van der Waals surface area (Å²) in [6.07, 6.45) is 1.64. The minimum Gasteiger partial charge on any atom is -0.393 e. The van der Waals surface area contributed by atoms with E-state index in [-0.39, 0.29) is 6.10 Å². The Labute approximate surface area is 63.8 Å². The molecule has 60 valence electrons. The zero-order valence-corrected chi connectivity index (χ0v) is 7.22. The quantitative estimate of drug-likeness (QED) is 0.597. The van der Waals surface area contributed by atoms with Crippen LogP contribution in [0.4, 0.5) is 0 Å². The van der Waals surface area contributed by atoms with Gasteiger partial charge in [0.1, 0.15) is 0 Å². The van der Waals surface area contributed by atoms with E-state index in [9.17, 15) is 5.11 Å². The normalized spacial score (nSPS) is 13.7. The van der Waals surface area contributed by atoms with Crippen LogP contribution in [0.3, 0.4) is 0 Å². The van der Waals surface area contributed by atoms with Crippen LogP contribution in [0.15, 0.2) is 12.2 Å². The standard InChI is InChI=1S/C9H18O/c1-7(2)5-6-9(10)8(3)4/h8-10H,1,5-6H2,2-4H3. The molecule has 1 N–H and O–H groups in total. The topological polar surface area (TPSA) is 20.2 Å². The molecule has 0 fully saturated rings. The van der Waals surface area contributed by atoms with Crippen LogP contribution < -0.4 is 0 Å². The van der Waals surface area contributed by atoms with Crippen molar-refractivity contribution in [3.63, 3.8) is 0 Å². The number of hydrogen-bond acceptors (Lipinski definition) is 1. The molecule has 10 heavy (non-hydrogen) atoms. The Morgan fingerprint density at radius 2 is 2.00 bits per heavy atom. The highest BCUT2D eigenvalue weighted by molar-refractivity contribution is 4.88. The zero-order valence-electron chi connectivity index (χ0n) is 7.22. The lowest BCUT2D eigenvalue weighted by molar-refractivity contribution is 0.116. The van der Waals surface area contributed by atoms with Gasteiger partial charge in [-0.1, -0.05) is 19.4 Å². The van der Waals surface area contributed by atoms with Gasteiger partial charge in [-0.2, -0.15) is 0 Å². The summed E-state index contributed by atoms with van der Waals surface area (Å²) in [6.45, 7) is 9.83. The number of allylic oxidation sites excluding steroid dienone is 1. The minimum absolute atomic E-state index is 0.156. The van der Waals surface area contributed by atoms with Crippen LogP contribution in [-0.2, 0) is 0 Å². The van der Waals surface area contributed by atoms with Crippen molar-refractivity contribution in [2.45, 2.75) is 39.7 Å². The van der Waals surface area contributed by atoms with Crippen molar-refractivity contribution >= 4 is 0 Å². The Hall–Kier alpha value is -0.300. The second-order valence-electron chi connectivity index (χ2n) is 3.31. The van der Waals surface area contributed by atoms with E-state index in [0.717, 1.165) is 18.4 Å². The fourth-order valence-electron chi connectivity index (χ4n) is 0.728. The summed E-state index contributed by atoms with van der Waals surface area (Å²) < 4.78 is 0. The highest BCUT2D eigenvalue weighted by Crippen LogP contribution is 2.10. The molecule has 0 radical (unpaired) electrons. The number of rotatable bonds is 4. The molecule has 1 atom stereocenters. The first-order valence-electron chi connectivity index (χ1n) is 3.86. The number of aliphatic hydroxyl groups excluding tert-OH is 1. The van der Waals surface area contributed by atoms with Crippen LogP contribution in [0, 0.1) is 5.92 Å². The lowest BCUT2D eigenvalue weighted by Crippen LogP contribution is -2.13. The highest BCUT2D eigenvalue weighted by Gasteiger charge is 2.07. The Morgan fingerprint density at radius 1 is 1.50 bits per heavy atom. The third kappa shape index (κ3) is 4.57. The molecule has 0 heterocycles. The molecule has 0 aromatic rings. The minimum atomic E-state index is -0.156. The van der Waals surface area contributed by atoms with Gasteiger partial charge < -0.3 is 5.11 Å². The Morgan fingerprint density at radius 3 is 2.30 bits per heavy atom. The Balaban J connectivity index is 3.39. The van der Waals surface area contributed by atoms with Crippen LogP contribution in [0.1, 0.15) is 33.6 Å². The predicted octanol–water partition coefficient (Wildman–Crippen LogP) is 2.36. The molecule has 0 aliphatic heterocycles. The maximum Gasteiger partial charge on any atom is 0.0566 e. The molecule has 0 saturated heterocycles. The summed E-state index contributed by atoms with van der Waals surface area (Å²) in [5, 5.41) is 9.33. The van der Waals surface area contributed by atoms with E-state index in [1.807, 2.05) is 20.8 Å². The molecular formula is C9H18O. The lowest BCUT2D eigenvalue weighted by atomic mass is 10.0. The molecule has 0 bridgehead atoms. The van der Waals surface area contributed by atoms with Gasteiger partial charge in [-0.3, -0.25) is 0 Å². The van der Waals surface area contributed by atoms with Crippen molar-refractivity contribution in [3.05, 3.63) is 12.2 Å². The average molecular weight is 142 g/mol. The van der Waals surface area contributed by atoms with Gasteiger partial charge in [0, 0.05) is 0 Å². The summed E-state index contributed by atoms with van der Waals surface area (Å²) in [7, 11) is 0. The molecule has 0 aromatic carbocycles. The summed E-state index contributed by atoms with van der Waals surface area (Å²) >= 11 is 0. The van der Waals surface area contributed by atoms with E-state index < -0.39 is 0 Å². The van der Waals surface area contributed by atoms with Gasteiger partial charge in [-0.05, 0) is 25.7 Å². The molecule has 0 amide bonds. The first-order chi connectivity index (χ1) is 4.54. The van der Waals surface area contributed by atoms with Crippen LogP contribution in [0.5, 0.6) is 0 Å². The molecule has 0 aromatic heterocycles. The number of hydrogen-bond donors (Lipinski definition) is 1. The summed E-state index contributed by atoms with van der Waals surface area (Å²) in [4.78, 5) is 0. The fraction of sp³-hybridized carbons (Fsp3) is 0.778. The fourth-order valence-corrected chi connectivity index (χ4v) is 0.728. The van der Waals surface area contributed by atoms with Crippen LogP contribution in [0.2, 0.25) is 0 Å². The maximum absolute atomic E-state index is 9.33.